The maximum Gasteiger partial charge on any atom is 0.333 e. The predicted molar refractivity (Wildman–Crippen MR) is 75.4 cm³/mol. The molecule has 2 aromatic rings. The van der Waals surface area contributed by atoms with Gasteiger partial charge in [-0.1, -0.05) is 30.3 Å². The molecule has 2 rings (SSSR count). The van der Waals surface area contributed by atoms with Crippen LogP contribution in [0, 0.1) is 0 Å². The van der Waals surface area contributed by atoms with Crippen molar-refractivity contribution in [1.29, 1.82) is 0 Å². The number of nitrogens with one attached hydrogen (secondary N) is 1. The number of esters is 1. The first kappa shape index (κ1) is 14.4. The molecule has 0 bridgehead atoms. The van der Waals surface area contributed by atoms with Gasteiger partial charge in [0.1, 0.15) is 5.82 Å². The average Bonchev–Trinajstić information content (AvgIpc) is 2.53. The molecule has 0 saturated heterocycles. The molecule has 0 aliphatic carbocycles. The number of anilines is 1. The summed E-state index contributed by atoms with van der Waals surface area (Å²) in [7, 11) is 1.31. The monoisotopic (exact) mass is 286 g/mol. The van der Waals surface area contributed by atoms with Gasteiger partial charge in [-0.15, -0.1) is 10.2 Å². The Balaban J connectivity index is 2.23. The third kappa shape index (κ3) is 3.53. The first-order valence-corrected chi connectivity index (χ1v) is 6.14. The Bertz CT molecular complexity index is 628. The quantitative estimate of drug-likeness (QED) is 0.791. The first-order valence-electron chi connectivity index (χ1n) is 6.14. The van der Waals surface area contributed by atoms with E-state index in [4.69, 9.17) is 10.5 Å². The first-order chi connectivity index (χ1) is 10.1. The molecular weight excluding hydrogens is 272 g/mol. The van der Waals surface area contributed by atoms with E-state index in [2.05, 4.69) is 15.5 Å². The van der Waals surface area contributed by atoms with Crippen molar-refractivity contribution in [2.45, 2.75) is 6.04 Å². The van der Waals surface area contributed by atoms with Crippen molar-refractivity contribution in [3.8, 4) is 0 Å². The molecule has 7 heteroatoms. The second-order valence-electron chi connectivity index (χ2n) is 4.18. The van der Waals surface area contributed by atoms with Gasteiger partial charge in [0.25, 0.3) is 5.91 Å². The standard InChI is InChI=1S/C14H14N4O3/c1-21-14(20)12(9-5-3-2-4-6-9)16-11-8-7-10(13(15)19)17-18-11/h2-8,12H,1H3,(H2,15,19)(H,16,18). The summed E-state index contributed by atoms with van der Waals surface area (Å²) in [6.45, 7) is 0. The van der Waals surface area contributed by atoms with Gasteiger partial charge < -0.3 is 15.8 Å². The normalized spacial score (nSPS) is 11.5. The highest BCUT2D eigenvalue weighted by molar-refractivity contribution is 5.90. The Morgan fingerprint density at radius 1 is 1.14 bits per heavy atom. The van der Waals surface area contributed by atoms with Crippen molar-refractivity contribution in [1.82, 2.24) is 10.2 Å². The topological polar surface area (TPSA) is 107 Å². The summed E-state index contributed by atoms with van der Waals surface area (Å²) in [5.41, 5.74) is 5.87. The van der Waals surface area contributed by atoms with Gasteiger partial charge in [-0.05, 0) is 17.7 Å². The second kappa shape index (κ2) is 6.47. The zero-order valence-corrected chi connectivity index (χ0v) is 11.3. The van der Waals surface area contributed by atoms with Crippen molar-refractivity contribution in [3.63, 3.8) is 0 Å². The number of hydrogen-bond donors (Lipinski definition) is 2. The van der Waals surface area contributed by atoms with Crippen LogP contribution in [0.3, 0.4) is 0 Å². The minimum Gasteiger partial charge on any atom is -0.467 e. The Morgan fingerprint density at radius 2 is 1.86 bits per heavy atom. The van der Waals surface area contributed by atoms with Crippen LogP contribution < -0.4 is 11.1 Å². The largest absolute Gasteiger partial charge is 0.467 e. The molecule has 0 radical (unpaired) electrons. The van der Waals surface area contributed by atoms with Crippen molar-refractivity contribution in [2.75, 3.05) is 12.4 Å². The van der Waals surface area contributed by atoms with Gasteiger partial charge in [0.05, 0.1) is 7.11 Å². The highest BCUT2D eigenvalue weighted by Crippen LogP contribution is 2.19. The average molecular weight is 286 g/mol. The van der Waals surface area contributed by atoms with Gasteiger partial charge in [0.2, 0.25) is 0 Å². The Kier molecular flexibility index (Phi) is 4.45. The number of carbonyl (C=O) groups excluding carboxylic acids is 2. The summed E-state index contributed by atoms with van der Waals surface area (Å²) in [6.07, 6.45) is 0. The third-order valence-electron chi connectivity index (χ3n) is 2.78. The number of rotatable bonds is 5. The summed E-state index contributed by atoms with van der Waals surface area (Å²) < 4.78 is 4.78. The Labute approximate surface area is 121 Å². The van der Waals surface area contributed by atoms with Crippen LogP contribution in [0.2, 0.25) is 0 Å². The van der Waals surface area contributed by atoms with E-state index in [1.54, 1.807) is 12.1 Å². The number of primary amides is 1. The van der Waals surface area contributed by atoms with Crippen molar-refractivity contribution < 1.29 is 14.3 Å². The maximum atomic E-state index is 11.9. The van der Waals surface area contributed by atoms with Crippen molar-refractivity contribution in [2.24, 2.45) is 5.73 Å². The lowest BCUT2D eigenvalue weighted by molar-refractivity contribution is -0.141. The van der Waals surface area contributed by atoms with E-state index in [0.717, 1.165) is 5.56 Å². The van der Waals surface area contributed by atoms with E-state index in [-0.39, 0.29) is 5.69 Å². The maximum absolute atomic E-state index is 11.9. The molecule has 1 unspecified atom stereocenters. The van der Waals surface area contributed by atoms with Crippen molar-refractivity contribution in [3.05, 3.63) is 53.7 Å². The van der Waals surface area contributed by atoms with Crippen LogP contribution in [0.25, 0.3) is 0 Å². The number of carbonyl (C=O) groups is 2. The van der Waals surface area contributed by atoms with Crippen LogP contribution in [0.4, 0.5) is 5.82 Å². The summed E-state index contributed by atoms with van der Waals surface area (Å²) in [6, 6.07) is 11.3. The number of aromatic nitrogens is 2. The number of nitrogens with two attached hydrogens (primary N) is 1. The second-order valence-corrected chi connectivity index (χ2v) is 4.18. The van der Waals surface area contributed by atoms with Gasteiger partial charge in [0, 0.05) is 0 Å². The zero-order chi connectivity index (χ0) is 15.2. The van der Waals surface area contributed by atoms with E-state index in [1.165, 1.54) is 19.2 Å². The molecule has 0 saturated carbocycles. The number of hydrogen-bond acceptors (Lipinski definition) is 6. The SMILES string of the molecule is COC(=O)C(Nc1ccc(C(N)=O)nn1)c1ccccc1. The lowest BCUT2D eigenvalue weighted by atomic mass is 10.1. The molecule has 1 aromatic heterocycles. The number of methoxy groups -OCH3 is 1. The lowest BCUT2D eigenvalue weighted by Crippen LogP contribution is -2.23. The van der Waals surface area contributed by atoms with E-state index >= 15 is 0 Å². The van der Waals surface area contributed by atoms with Gasteiger partial charge in [-0.2, -0.15) is 0 Å². The van der Waals surface area contributed by atoms with Crippen LogP contribution >= 0.6 is 0 Å². The summed E-state index contributed by atoms with van der Waals surface area (Å²) in [5.74, 6) is -0.789. The summed E-state index contributed by atoms with van der Waals surface area (Å²) in [5, 5.41) is 10.4. The van der Waals surface area contributed by atoms with E-state index in [9.17, 15) is 9.59 Å². The number of nitrogens with zero attached hydrogens (tertiary/aromatic N) is 2. The highest BCUT2D eigenvalue weighted by Gasteiger charge is 2.21. The molecular formula is C14H14N4O3. The molecule has 0 aliphatic rings. The number of amides is 1. The van der Waals surface area contributed by atoms with E-state index < -0.39 is 17.9 Å². The minimum atomic E-state index is -0.718. The van der Waals surface area contributed by atoms with E-state index in [1.807, 2.05) is 18.2 Å². The van der Waals surface area contributed by atoms with Gasteiger partial charge in [0.15, 0.2) is 11.7 Å². The minimum absolute atomic E-state index is 0.0508. The molecule has 21 heavy (non-hydrogen) atoms. The highest BCUT2D eigenvalue weighted by atomic mass is 16.5. The fraction of sp³-hybridized carbons (Fsp3) is 0.143. The smallest absolute Gasteiger partial charge is 0.333 e. The molecule has 3 N–H and O–H groups in total. The summed E-state index contributed by atoms with van der Waals surface area (Å²) >= 11 is 0. The molecule has 0 aliphatic heterocycles. The molecule has 1 heterocycles. The molecule has 0 fully saturated rings. The molecule has 0 spiro atoms. The Morgan fingerprint density at radius 3 is 2.38 bits per heavy atom. The summed E-state index contributed by atoms with van der Waals surface area (Å²) in [4.78, 5) is 22.8. The Hall–Kier alpha value is -2.96. The zero-order valence-electron chi connectivity index (χ0n) is 11.3. The van der Waals surface area contributed by atoms with Crippen LogP contribution in [0.15, 0.2) is 42.5 Å². The molecule has 108 valence electrons. The van der Waals surface area contributed by atoms with Gasteiger partial charge >= 0.3 is 5.97 Å². The van der Waals surface area contributed by atoms with Crippen LogP contribution in [0.5, 0.6) is 0 Å². The van der Waals surface area contributed by atoms with Crippen LogP contribution in [-0.2, 0) is 9.53 Å². The number of benzene rings is 1. The molecule has 1 atom stereocenters. The fourth-order valence-corrected chi connectivity index (χ4v) is 1.73. The van der Waals surface area contributed by atoms with Crippen LogP contribution in [0.1, 0.15) is 22.1 Å². The molecule has 7 nitrogen and oxygen atoms in total. The predicted octanol–water partition coefficient (Wildman–Crippen LogP) is 0.902. The third-order valence-corrected chi connectivity index (χ3v) is 2.78. The molecule has 1 aromatic carbocycles. The van der Waals surface area contributed by atoms with Crippen molar-refractivity contribution >= 4 is 17.7 Å². The van der Waals surface area contributed by atoms with Gasteiger partial charge in [-0.25, -0.2) is 4.79 Å². The number of ether oxygens (including phenoxy) is 1. The van der Waals surface area contributed by atoms with E-state index in [0.29, 0.717) is 5.82 Å². The van der Waals surface area contributed by atoms with Gasteiger partial charge in [-0.3, -0.25) is 4.79 Å². The molecule has 1 amide bonds. The fourth-order valence-electron chi connectivity index (χ4n) is 1.73. The van der Waals surface area contributed by atoms with Crippen LogP contribution in [-0.4, -0.2) is 29.2 Å². The lowest BCUT2D eigenvalue weighted by Gasteiger charge is -2.17.